The van der Waals surface area contributed by atoms with Crippen LogP contribution in [0.4, 0.5) is 0 Å². The van der Waals surface area contributed by atoms with Crippen LogP contribution in [-0.4, -0.2) is 145 Å². The average Bonchev–Trinajstić information content (AvgIpc) is 3.19. The minimum atomic E-state index is -0.0249. The predicted molar refractivity (Wildman–Crippen MR) is 274 cm³/mol. The van der Waals surface area contributed by atoms with Crippen molar-refractivity contribution in [2.24, 2.45) is 0 Å². The molecule has 0 heterocycles. The van der Waals surface area contributed by atoms with Gasteiger partial charge >= 0.3 is 0 Å². The molecule has 0 aromatic heterocycles. The molecule has 0 bridgehead atoms. The molecule has 0 saturated carbocycles. The van der Waals surface area contributed by atoms with Gasteiger partial charge in [-0.2, -0.15) is 82.3 Å². The highest BCUT2D eigenvalue weighted by molar-refractivity contribution is 8.17. The molecule has 55 heavy (non-hydrogen) atoms. The molecule has 0 aliphatic rings. The molecule has 0 saturated heterocycles. The van der Waals surface area contributed by atoms with E-state index in [1.807, 2.05) is 35.3 Å². The second-order valence-corrected chi connectivity index (χ2v) is 25.7. The molecule has 0 rings (SSSR count). The van der Waals surface area contributed by atoms with E-state index in [0.29, 0.717) is 34.8 Å². The molecule has 0 aliphatic carbocycles. The summed E-state index contributed by atoms with van der Waals surface area (Å²) in [5.74, 6) is 15.5. The fourth-order valence-corrected chi connectivity index (χ4v) is 17.2. The van der Waals surface area contributed by atoms with Gasteiger partial charge in [-0.25, -0.2) is 0 Å². The van der Waals surface area contributed by atoms with Crippen LogP contribution in [0.15, 0.2) is 50.6 Å². The van der Waals surface area contributed by atoms with E-state index in [2.05, 4.69) is 26.3 Å². The van der Waals surface area contributed by atoms with E-state index in [9.17, 15) is 28.8 Å². The molecule has 0 radical (unpaired) electrons. The van der Waals surface area contributed by atoms with Crippen LogP contribution in [0.1, 0.15) is 12.8 Å². The maximum Gasteiger partial charge on any atom is 0.211 e. The molecule has 2 atom stereocenters. The third-order valence-corrected chi connectivity index (χ3v) is 21.8. The second kappa shape index (κ2) is 42.2. The lowest BCUT2D eigenvalue weighted by atomic mass is 10.5. The normalized spacial score (nSPS) is 12.1. The van der Waals surface area contributed by atoms with Crippen molar-refractivity contribution in [1.82, 2.24) is 0 Å². The Morgan fingerprint density at radius 1 is 0.345 bits per heavy atom. The summed E-state index contributed by atoms with van der Waals surface area (Å²) in [6, 6.07) is 0. The third-order valence-electron chi connectivity index (χ3n) is 6.09. The maximum absolute atomic E-state index is 12.4. The van der Waals surface area contributed by atoms with Gasteiger partial charge in [0.05, 0.1) is 0 Å². The van der Waals surface area contributed by atoms with Crippen LogP contribution < -0.4 is 0 Å². The van der Waals surface area contributed by atoms with Crippen LogP contribution in [0.25, 0.3) is 0 Å². The predicted octanol–water partition coefficient (Wildman–Crippen LogP) is 9.94. The third kappa shape index (κ3) is 39.4. The van der Waals surface area contributed by atoms with Crippen LogP contribution >= 0.6 is 153 Å². The second-order valence-electron chi connectivity index (χ2n) is 10.3. The van der Waals surface area contributed by atoms with Crippen LogP contribution in [-0.2, 0) is 28.8 Å². The van der Waals surface area contributed by atoms with Gasteiger partial charge in [-0.3, -0.25) is 28.8 Å². The first-order valence-electron chi connectivity index (χ1n) is 17.2. The van der Waals surface area contributed by atoms with Gasteiger partial charge in [0.25, 0.3) is 0 Å². The average molecular weight is 1000 g/mol. The highest BCUT2D eigenvalue weighted by Gasteiger charge is 2.15. The fourth-order valence-electron chi connectivity index (χ4n) is 3.44. The molecule has 19 heteroatoms. The Hall–Kier alpha value is 1.53. The summed E-state index contributed by atoms with van der Waals surface area (Å²) in [6.07, 6.45) is 6.50. The van der Waals surface area contributed by atoms with E-state index >= 15 is 0 Å². The van der Waals surface area contributed by atoms with Crippen molar-refractivity contribution in [3.05, 3.63) is 50.6 Å². The molecule has 2 unspecified atom stereocenters. The van der Waals surface area contributed by atoms with E-state index in [-0.39, 0.29) is 30.7 Å². The maximum atomic E-state index is 12.4. The molecule has 0 aromatic carbocycles. The highest BCUT2D eigenvalue weighted by Crippen LogP contribution is 2.26. The van der Waals surface area contributed by atoms with Gasteiger partial charge in [0.15, 0.2) is 10.2 Å². The van der Waals surface area contributed by atoms with E-state index in [1.165, 1.54) is 94.9 Å². The fraction of sp³-hybridized carbons (Fsp3) is 0.611. The van der Waals surface area contributed by atoms with Crippen molar-refractivity contribution < 1.29 is 28.8 Å². The van der Waals surface area contributed by atoms with Crippen molar-refractivity contribution in [3.8, 4) is 0 Å². The summed E-state index contributed by atoms with van der Waals surface area (Å²) in [6.45, 7) is 14.1. The van der Waals surface area contributed by atoms with Crippen LogP contribution in [0.3, 0.4) is 0 Å². The molecule has 0 aromatic rings. The zero-order chi connectivity index (χ0) is 40.8. The quantitative estimate of drug-likeness (QED) is 0.0433. The van der Waals surface area contributed by atoms with Gasteiger partial charge in [-0.1, -0.05) is 96.9 Å². The summed E-state index contributed by atoms with van der Waals surface area (Å²) in [5.41, 5.74) is 0. The first-order chi connectivity index (χ1) is 26.6. The van der Waals surface area contributed by atoms with Gasteiger partial charge in [0.1, 0.15) is 0 Å². The minimum Gasteiger partial charge on any atom is -0.287 e. The molecular weight excluding hydrogens is 945 g/mol. The van der Waals surface area contributed by atoms with Crippen molar-refractivity contribution in [3.63, 3.8) is 0 Å². The number of thioether (sulfide) groups is 13. The minimum absolute atomic E-state index is 0.0102. The van der Waals surface area contributed by atoms with Crippen molar-refractivity contribution >= 4 is 184 Å². The molecular formula is C36H54O6S13. The highest BCUT2D eigenvalue weighted by atomic mass is 32.2. The monoisotopic (exact) mass is 998 g/mol. The van der Waals surface area contributed by atoms with Crippen LogP contribution in [0, 0.1) is 0 Å². The number of hydrogen-bond donors (Lipinski definition) is 0. The molecule has 0 fully saturated rings. The molecule has 0 spiro atoms. The summed E-state index contributed by atoms with van der Waals surface area (Å²) in [5, 5.41) is 0.982. The Balaban J connectivity index is 3.90. The van der Waals surface area contributed by atoms with E-state index < -0.39 is 0 Å². The topological polar surface area (TPSA) is 102 Å². The number of rotatable bonds is 38. The summed E-state index contributed by atoms with van der Waals surface area (Å²) in [4.78, 5) is 70.8. The summed E-state index contributed by atoms with van der Waals surface area (Å²) >= 11 is 20.6. The van der Waals surface area contributed by atoms with E-state index in [0.717, 1.165) is 92.0 Å². The first kappa shape index (κ1) is 56.5. The van der Waals surface area contributed by atoms with Crippen molar-refractivity contribution in [2.75, 3.05) is 104 Å². The van der Waals surface area contributed by atoms with E-state index in [1.54, 1.807) is 47.0 Å². The Morgan fingerprint density at radius 3 is 1.02 bits per heavy atom. The van der Waals surface area contributed by atoms with Crippen LogP contribution in [0.2, 0.25) is 0 Å². The number of hydrogen-bond acceptors (Lipinski definition) is 19. The number of carbonyl (C=O) groups excluding carboxylic acids is 6. The van der Waals surface area contributed by atoms with Gasteiger partial charge in [0, 0.05) is 127 Å². The van der Waals surface area contributed by atoms with Gasteiger partial charge < -0.3 is 0 Å². The molecule has 0 amide bonds. The Bertz CT molecular complexity index is 1070. The lowest BCUT2D eigenvalue weighted by Gasteiger charge is -2.15. The van der Waals surface area contributed by atoms with Gasteiger partial charge in [0.2, 0.25) is 20.5 Å². The lowest BCUT2D eigenvalue weighted by molar-refractivity contribution is -0.111. The zero-order valence-corrected chi connectivity index (χ0v) is 41.8. The Kier molecular flexibility index (Phi) is 43.4. The summed E-state index contributed by atoms with van der Waals surface area (Å²) < 4.78 is 0. The van der Waals surface area contributed by atoms with Crippen LogP contribution in [0.5, 0.6) is 0 Å². The first-order valence-corrected chi connectivity index (χ1v) is 31.0. The van der Waals surface area contributed by atoms with E-state index in [4.69, 9.17) is 0 Å². The van der Waals surface area contributed by atoms with Gasteiger partial charge in [-0.15, -0.1) is 0 Å². The van der Waals surface area contributed by atoms with Gasteiger partial charge in [-0.05, 0) is 24.3 Å². The molecule has 312 valence electrons. The molecule has 0 N–H and O–H groups in total. The summed E-state index contributed by atoms with van der Waals surface area (Å²) in [7, 11) is 0. The molecule has 0 aliphatic heterocycles. The van der Waals surface area contributed by atoms with Crippen molar-refractivity contribution in [2.45, 2.75) is 23.3 Å². The molecule has 6 nitrogen and oxygen atoms in total. The lowest BCUT2D eigenvalue weighted by Crippen LogP contribution is -2.13. The largest absolute Gasteiger partial charge is 0.287 e. The Labute approximate surface area is 385 Å². The number of carbonyl (C=O) groups is 6. The SMILES string of the molecule is C=CC(=O)SCCSCC(CSC(=O)C=C)SCCSC(=O)CCSCCSCCSCCC(=O)SCCSC(CSCCSC(=O)C=C)CSC(=O)C=C. The van der Waals surface area contributed by atoms with Crippen molar-refractivity contribution in [1.29, 1.82) is 0 Å². The smallest absolute Gasteiger partial charge is 0.211 e. The zero-order valence-electron chi connectivity index (χ0n) is 31.2. The standard InChI is InChI=1S/C36H54O6S13/c1-5-31(37)50-19-17-46-25-29(27-54-33(39)7-3)48-21-23-52-35(41)9-11-43-13-15-45-16-14-44-12-10-36(42)53-24-22-49-30(28-55-34(40)8-4)26-47-18-20-51-32(38)6-2/h5-8,29-30H,1-4,9-28H2. The Morgan fingerprint density at radius 2 is 0.655 bits per heavy atom.